The van der Waals surface area contributed by atoms with Gasteiger partial charge in [0.25, 0.3) is 0 Å². The van der Waals surface area contributed by atoms with E-state index in [9.17, 15) is 4.79 Å². The maximum atomic E-state index is 11.8. The quantitative estimate of drug-likeness (QED) is 0.699. The third-order valence-corrected chi connectivity index (χ3v) is 2.70. The number of carbonyl (C=O) groups excluding carboxylic acids is 1. The van der Waals surface area contributed by atoms with Crippen molar-refractivity contribution >= 4 is 5.91 Å². The number of rotatable bonds is 4. The van der Waals surface area contributed by atoms with Crippen molar-refractivity contribution in [3.63, 3.8) is 0 Å². The van der Waals surface area contributed by atoms with E-state index in [4.69, 9.17) is 4.74 Å². The molecule has 0 spiro atoms. The molecule has 1 aliphatic heterocycles. The average molecular weight is 200 g/mol. The topological polar surface area (TPSA) is 41.6 Å². The Balaban J connectivity index is 2.30. The summed E-state index contributed by atoms with van der Waals surface area (Å²) >= 11 is 0. The third-order valence-electron chi connectivity index (χ3n) is 2.70. The maximum Gasteiger partial charge on any atom is 0.225 e. The number of nitrogens with zero attached hydrogens (tertiary/aromatic N) is 1. The summed E-state index contributed by atoms with van der Waals surface area (Å²) in [5, 5.41) is 3.26. The van der Waals surface area contributed by atoms with E-state index >= 15 is 0 Å². The zero-order valence-corrected chi connectivity index (χ0v) is 9.08. The first kappa shape index (κ1) is 11.5. The molecule has 0 radical (unpaired) electrons. The van der Waals surface area contributed by atoms with Crippen molar-refractivity contribution in [1.82, 2.24) is 10.2 Å². The SMILES string of the molecule is COCCN(C)C(=O)C1CCNCC1. The first-order valence-electron chi connectivity index (χ1n) is 5.20. The summed E-state index contributed by atoms with van der Waals surface area (Å²) in [6, 6.07) is 0. The lowest BCUT2D eigenvalue weighted by molar-refractivity contribution is -0.135. The lowest BCUT2D eigenvalue weighted by Gasteiger charge is -2.26. The van der Waals surface area contributed by atoms with Gasteiger partial charge in [-0.15, -0.1) is 0 Å². The number of ether oxygens (including phenoxy) is 1. The van der Waals surface area contributed by atoms with Gasteiger partial charge in [0.2, 0.25) is 5.91 Å². The Kier molecular flexibility index (Phi) is 4.90. The van der Waals surface area contributed by atoms with Gasteiger partial charge in [-0.1, -0.05) is 0 Å². The van der Waals surface area contributed by atoms with Crippen molar-refractivity contribution in [3.05, 3.63) is 0 Å². The largest absolute Gasteiger partial charge is 0.383 e. The van der Waals surface area contributed by atoms with Crippen LogP contribution in [-0.4, -0.2) is 51.2 Å². The number of likely N-dealkylation sites (N-methyl/N-ethyl adjacent to an activating group) is 1. The fraction of sp³-hybridized carbons (Fsp3) is 0.900. The molecule has 0 atom stereocenters. The van der Waals surface area contributed by atoms with Crippen LogP contribution in [-0.2, 0) is 9.53 Å². The van der Waals surface area contributed by atoms with Crippen LogP contribution in [0.3, 0.4) is 0 Å². The van der Waals surface area contributed by atoms with Crippen molar-refractivity contribution < 1.29 is 9.53 Å². The standard InChI is InChI=1S/C10H20N2O2/c1-12(7-8-14-2)10(13)9-3-5-11-6-4-9/h9,11H,3-8H2,1-2H3. The van der Waals surface area contributed by atoms with Gasteiger partial charge in [-0.25, -0.2) is 0 Å². The van der Waals surface area contributed by atoms with E-state index in [-0.39, 0.29) is 11.8 Å². The number of nitrogens with one attached hydrogen (secondary N) is 1. The summed E-state index contributed by atoms with van der Waals surface area (Å²) in [4.78, 5) is 13.6. The molecule has 0 aromatic carbocycles. The fourth-order valence-corrected chi connectivity index (χ4v) is 1.72. The molecule has 4 nitrogen and oxygen atoms in total. The van der Waals surface area contributed by atoms with Crippen molar-refractivity contribution in [2.75, 3.05) is 40.4 Å². The first-order valence-corrected chi connectivity index (χ1v) is 5.20. The maximum absolute atomic E-state index is 11.8. The fourth-order valence-electron chi connectivity index (χ4n) is 1.72. The molecule has 1 N–H and O–H groups in total. The summed E-state index contributed by atoms with van der Waals surface area (Å²) in [5.41, 5.74) is 0. The third kappa shape index (κ3) is 3.27. The van der Waals surface area contributed by atoms with E-state index < -0.39 is 0 Å². The summed E-state index contributed by atoms with van der Waals surface area (Å²) < 4.78 is 4.94. The molecule has 1 heterocycles. The molecule has 0 bridgehead atoms. The highest BCUT2D eigenvalue weighted by molar-refractivity contribution is 5.78. The molecular weight excluding hydrogens is 180 g/mol. The van der Waals surface area contributed by atoms with Gasteiger partial charge in [0, 0.05) is 26.6 Å². The minimum absolute atomic E-state index is 0.220. The van der Waals surface area contributed by atoms with E-state index in [2.05, 4.69) is 5.32 Å². The molecule has 0 unspecified atom stereocenters. The number of methoxy groups -OCH3 is 1. The van der Waals surface area contributed by atoms with Gasteiger partial charge in [-0.2, -0.15) is 0 Å². The van der Waals surface area contributed by atoms with Crippen LogP contribution in [0.15, 0.2) is 0 Å². The van der Waals surface area contributed by atoms with Gasteiger partial charge in [0.1, 0.15) is 0 Å². The molecule has 0 saturated carbocycles. The highest BCUT2D eigenvalue weighted by Gasteiger charge is 2.23. The predicted molar refractivity (Wildman–Crippen MR) is 55.1 cm³/mol. The highest BCUT2D eigenvalue weighted by atomic mass is 16.5. The van der Waals surface area contributed by atoms with E-state index in [0.29, 0.717) is 13.2 Å². The Bertz CT molecular complexity index is 179. The Hall–Kier alpha value is -0.610. The molecular formula is C10H20N2O2. The molecule has 1 rings (SSSR count). The van der Waals surface area contributed by atoms with Crippen LogP contribution < -0.4 is 5.32 Å². The second kappa shape index (κ2) is 5.98. The van der Waals surface area contributed by atoms with E-state index in [0.717, 1.165) is 25.9 Å². The van der Waals surface area contributed by atoms with Crippen molar-refractivity contribution in [3.8, 4) is 0 Å². The average Bonchev–Trinajstić information content (AvgIpc) is 2.26. The second-order valence-electron chi connectivity index (χ2n) is 3.78. The number of amides is 1. The number of hydrogen-bond acceptors (Lipinski definition) is 3. The minimum atomic E-state index is 0.220. The second-order valence-corrected chi connectivity index (χ2v) is 3.78. The molecule has 1 fully saturated rings. The molecule has 0 aromatic heterocycles. The van der Waals surface area contributed by atoms with Crippen molar-refractivity contribution in [2.24, 2.45) is 5.92 Å². The van der Waals surface area contributed by atoms with E-state index in [1.807, 2.05) is 7.05 Å². The molecule has 0 aromatic rings. The Morgan fingerprint density at radius 1 is 1.50 bits per heavy atom. The van der Waals surface area contributed by atoms with Crippen molar-refractivity contribution in [1.29, 1.82) is 0 Å². The van der Waals surface area contributed by atoms with Gasteiger partial charge in [-0.3, -0.25) is 4.79 Å². The van der Waals surface area contributed by atoms with Crippen LogP contribution in [0.1, 0.15) is 12.8 Å². The summed E-state index contributed by atoms with van der Waals surface area (Å²) in [6.45, 7) is 3.25. The molecule has 1 saturated heterocycles. The zero-order valence-electron chi connectivity index (χ0n) is 9.08. The molecule has 14 heavy (non-hydrogen) atoms. The van der Waals surface area contributed by atoms with Crippen LogP contribution in [0.2, 0.25) is 0 Å². The van der Waals surface area contributed by atoms with Crippen LogP contribution in [0.5, 0.6) is 0 Å². The Morgan fingerprint density at radius 3 is 2.71 bits per heavy atom. The van der Waals surface area contributed by atoms with Crippen molar-refractivity contribution in [2.45, 2.75) is 12.8 Å². The highest BCUT2D eigenvalue weighted by Crippen LogP contribution is 2.13. The Morgan fingerprint density at radius 2 is 2.14 bits per heavy atom. The van der Waals surface area contributed by atoms with Crippen LogP contribution in [0.25, 0.3) is 0 Å². The number of carbonyl (C=O) groups is 1. The van der Waals surface area contributed by atoms with Crippen LogP contribution >= 0.6 is 0 Å². The molecule has 1 amide bonds. The molecule has 4 heteroatoms. The van der Waals surface area contributed by atoms with E-state index in [1.54, 1.807) is 12.0 Å². The molecule has 82 valence electrons. The Labute approximate surface area is 85.6 Å². The normalized spacial score (nSPS) is 18.1. The summed E-state index contributed by atoms with van der Waals surface area (Å²) in [6.07, 6.45) is 1.94. The van der Waals surface area contributed by atoms with Crippen LogP contribution in [0, 0.1) is 5.92 Å². The first-order chi connectivity index (χ1) is 6.75. The monoisotopic (exact) mass is 200 g/mol. The predicted octanol–water partition coefficient (Wildman–Crippen LogP) is 0.0908. The van der Waals surface area contributed by atoms with Gasteiger partial charge in [0.15, 0.2) is 0 Å². The molecule has 1 aliphatic rings. The van der Waals surface area contributed by atoms with Gasteiger partial charge >= 0.3 is 0 Å². The summed E-state index contributed by atoms with van der Waals surface area (Å²) in [5.74, 6) is 0.488. The lowest BCUT2D eigenvalue weighted by atomic mass is 9.97. The molecule has 0 aliphatic carbocycles. The zero-order chi connectivity index (χ0) is 10.4. The minimum Gasteiger partial charge on any atom is -0.383 e. The smallest absolute Gasteiger partial charge is 0.225 e. The van der Waals surface area contributed by atoms with Gasteiger partial charge < -0.3 is 15.0 Å². The van der Waals surface area contributed by atoms with Crippen LogP contribution in [0.4, 0.5) is 0 Å². The van der Waals surface area contributed by atoms with Gasteiger partial charge in [-0.05, 0) is 25.9 Å². The summed E-state index contributed by atoms with van der Waals surface area (Å²) in [7, 11) is 3.51. The number of piperidine rings is 1. The van der Waals surface area contributed by atoms with E-state index in [1.165, 1.54) is 0 Å². The number of hydrogen-bond donors (Lipinski definition) is 1. The van der Waals surface area contributed by atoms with Gasteiger partial charge in [0.05, 0.1) is 6.61 Å². The lowest BCUT2D eigenvalue weighted by Crippen LogP contribution is -2.40.